The van der Waals surface area contributed by atoms with Crippen LogP contribution in [0.25, 0.3) is 11.3 Å². The maximum atomic E-state index is 12.0. The van der Waals surface area contributed by atoms with E-state index in [4.69, 9.17) is 33.2 Å². The summed E-state index contributed by atoms with van der Waals surface area (Å²) in [6.45, 7) is 5.76. The van der Waals surface area contributed by atoms with E-state index in [1.54, 1.807) is 10.9 Å². The van der Waals surface area contributed by atoms with Gasteiger partial charge in [0.05, 0.1) is 25.9 Å². The molecule has 0 bridgehead atoms. The molecule has 4 rings (SSSR count). The van der Waals surface area contributed by atoms with Crippen LogP contribution in [0.5, 0.6) is 0 Å². The Balaban J connectivity index is 1.46. The first-order valence-corrected chi connectivity index (χ1v) is 13.2. The molecule has 5 atom stereocenters. The summed E-state index contributed by atoms with van der Waals surface area (Å²) in [6, 6.07) is 7.57. The van der Waals surface area contributed by atoms with Gasteiger partial charge in [0.15, 0.2) is 24.6 Å². The second-order valence-electron chi connectivity index (χ2n) is 9.42. The van der Waals surface area contributed by atoms with Crippen molar-refractivity contribution in [1.29, 1.82) is 0 Å². The highest BCUT2D eigenvalue weighted by molar-refractivity contribution is 5.95. The van der Waals surface area contributed by atoms with Crippen molar-refractivity contribution in [2.75, 3.05) is 26.4 Å². The molecule has 0 unspecified atom stereocenters. The lowest BCUT2D eigenvalue weighted by Crippen LogP contribution is -2.63. The predicted molar refractivity (Wildman–Crippen MR) is 141 cm³/mol. The summed E-state index contributed by atoms with van der Waals surface area (Å²) in [5.74, 6) is -2.15. The largest absolute Gasteiger partial charge is 0.476 e. The normalized spacial score (nSPS) is 23.3. The number of hydrogen-bond donors (Lipinski definition) is 0. The van der Waals surface area contributed by atoms with Gasteiger partial charge in [0.2, 0.25) is 5.90 Å². The third-order valence-corrected chi connectivity index (χ3v) is 6.10. The first-order valence-electron chi connectivity index (χ1n) is 13.2. The van der Waals surface area contributed by atoms with Gasteiger partial charge in [-0.25, -0.2) is 9.67 Å². The summed E-state index contributed by atoms with van der Waals surface area (Å²) >= 11 is 0. The van der Waals surface area contributed by atoms with Crippen LogP contribution in [0.4, 0.5) is 0 Å². The van der Waals surface area contributed by atoms with Crippen LogP contribution in [0, 0.1) is 0 Å². The molecule has 1 saturated heterocycles. The molecule has 0 saturated carbocycles. The third kappa shape index (κ3) is 8.10. The van der Waals surface area contributed by atoms with Gasteiger partial charge in [-0.15, -0.1) is 5.10 Å². The van der Waals surface area contributed by atoms with Gasteiger partial charge in [-0.1, -0.05) is 17.3 Å². The lowest BCUT2D eigenvalue weighted by Gasteiger charge is -2.44. The fourth-order valence-corrected chi connectivity index (χ4v) is 4.42. The molecule has 0 N–H and O–H groups in total. The third-order valence-electron chi connectivity index (χ3n) is 6.10. The molecule has 15 heteroatoms. The first kappa shape index (κ1) is 30.6. The Labute approximate surface area is 241 Å². The molecule has 1 aromatic carbocycles. The number of nitrogens with zero attached hydrogens (tertiary/aromatic N) is 4. The van der Waals surface area contributed by atoms with Crippen LogP contribution in [0.3, 0.4) is 0 Å². The van der Waals surface area contributed by atoms with Crippen molar-refractivity contribution in [2.24, 2.45) is 4.99 Å². The Hall–Kier alpha value is -4.37. The Morgan fingerprint density at radius 2 is 1.52 bits per heavy atom. The van der Waals surface area contributed by atoms with E-state index < -0.39 is 54.6 Å². The Morgan fingerprint density at radius 3 is 2.14 bits per heavy atom. The number of aromatic nitrogens is 3. The van der Waals surface area contributed by atoms with Crippen LogP contribution < -0.4 is 0 Å². The van der Waals surface area contributed by atoms with Crippen molar-refractivity contribution in [3.63, 3.8) is 0 Å². The molecule has 0 radical (unpaired) electrons. The molecule has 15 nitrogen and oxygen atoms in total. The second kappa shape index (κ2) is 14.0. The van der Waals surface area contributed by atoms with Gasteiger partial charge in [-0.05, 0) is 12.1 Å². The van der Waals surface area contributed by atoms with Crippen LogP contribution in [0.15, 0.2) is 35.5 Å². The molecule has 2 aromatic rings. The van der Waals surface area contributed by atoms with E-state index in [9.17, 15) is 19.2 Å². The minimum atomic E-state index is -1.31. The van der Waals surface area contributed by atoms with Crippen molar-refractivity contribution in [2.45, 2.75) is 64.9 Å². The number of aliphatic imine (C=N–C) groups is 1. The van der Waals surface area contributed by atoms with Crippen molar-refractivity contribution >= 4 is 29.8 Å². The van der Waals surface area contributed by atoms with Crippen molar-refractivity contribution in [3.05, 3.63) is 36.0 Å². The van der Waals surface area contributed by atoms with Crippen LogP contribution in [-0.2, 0) is 58.9 Å². The van der Waals surface area contributed by atoms with Gasteiger partial charge in [-0.3, -0.25) is 19.2 Å². The van der Waals surface area contributed by atoms with Crippen molar-refractivity contribution in [3.8, 4) is 11.3 Å². The smallest absolute Gasteiger partial charge is 0.303 e. The Morgan fingerprint density at radius 1 is 0.881 bits per heavy atom. The molecule has 42 heavy (non-hydrogen) atoms. The number of hydrogen-bond acceptors (Lipinski definition) is 14. The standard InChI is InChI=1S/C27H32N4O11/c1-15(32)38-14-22-23(39-16(2)33)24(40-17(3)34)25(41-18(4)35)27(42-22)37-12-10-31-13-21(29-30-31)19-5-7-20(8-6-19)26-28-9-11-36-26/h5-8,13,22-25,27H,9-12,14H2,1-4H3/t22-,23-,24+,25-,27-/m1/s1. The van der Waals surface area contributed by atoms with E-state index in [0.717, 1.165) is 31.9 Å². The minimum Gasteiger partial charge on any atom is -0.476 e. The summed E-state index contributed by atoms with van der Waals surface area (Å²) in [7, 11) is 0. The number of carbonyl (C=O) groups excluding carboxylic acids is 4. The lowest BCUT2D eigenvalue weighted by molar-refractivity contribution is -0.308. The van der Waals surface area contributed by atoms with Crippen molar-refractivity contribution in [1.82, 2.24) is 15.0 Å². The monoisotopic (exact) mass is 588 g/mol. The number of ether oxygens (including phenoxy) is 7. The van der Waals surface area contributed by atoms with E-state index in [-0.39, 0.29) is 19.8 Å². The molecule has 0 amide bonds. The highest BCUT2D eigenvalue weighted by atomic mass is 16.7. The number of benzene rings is 1. The molecule has 0 spiro atoms. The molecule has 226 valence electrons. The van der Waals surface area contributed by atoms with E-state index in [0.29, 0.717) is 24.7 Å². The lowest BCUT2D eigenvalue weighted by atomic mass is 9.98. The van der Waals surface area contributed by atoms with Crippen LogP contribution in [0.2, 0.25) is 0 Å². The fourth-order valence-electron chi connectivity index (χ4n) is 4.42. The van der Waals surface area contributed by atoms with Gasteiger partial charge < -0.3 is 33.2 Å². The summed E-state index contributed by atoms with van der Waals surface area (Å²) in [6.07, 6.45) is -4.51. The van der Waals surface area contributed by atoms with E-state index >= 15 is 0 Å². The Bertz CT molecular complexity index is 1310. The maximum absolute atomic E-state index is 12.0. The zero-order valence-electron chi connectivity index (χ0n) is 23.6. The number of rotatable bonds is 11. The minimum absolute atomic E-state index is 0.00659. The van der Waals surface area contributed by atoms with Gasteiger partial charge in [-0.2, -0.15) is 0 Å². The highest BCUT2D eigenvalue weighted by Gasteiger charge is 2.52. The zero-order chi connectivity index (χ0) is 30.2. The van der Waals surface area contributed by atoms with E-state index in [1.165, 1.54) is 6.92 Å². The molecule has 1 fully saturated rings. The predicted octanol–water partition coefficient (Wildman–Crippen LogP) is 0.822. The molecule has 0 aliphatic carbocycles. The van der Waals surface area contributed by atoms with Crippen molar-refractivity contribution < 1.29 is 52.3 Å². The zero-order valence-corrected chi connectivity index (χ0v) is 23.6. The molecule has 1 aromatic heterocycles. The summed E-state index contributed by atoms with van der Waals surface area (Å²) in [4.78, 5) is 51.6. The summed E-state index contributed by atoms with van der Waals surface area (Å²) in [5.41, 5.74) is 2.34. The highest BCUT2D eigenvalue weighted by Crippen LogP contribution is 2.30. The van der Waals surface area contributed by atoms with E-state index in [1.807, 2.05) is 24.3 Å². The van der Waals surface area contributed by atoms with Crippen LogP contribution in [-0.4, -0.2) is 102 Å². The number of carbonyl (C=O) groups is 4. The maximum Gasteiger partial charge on any atom is 0.303 e. The van der Waals surface area contributed by atoms with Gasteiger partial charge in [0.1, 0.15) is 25.0 Å². The van der Waals surface area contributed by atoms with Gasteiger partial charge >= 0.3 is 23.9 Å². The molecule has 2 aliphatic rings. The molecule has 2 aliphatic heterocycles. The molecular formula is C27H32N4O11. The SMILES string of the molecule is CC(=O)OC[C@H]1O[C@@H](OCCn2cc(-c3ccc(C4=NCCO4)cc3)nn2)[C@H](OC(C)=O)[C@@H](OC(C)=O)[C@@H]1OC(C)=O. The first-order chi connectivity index (χ1) is 20.1. The molecule has 3 heterocycles. The second-order valence-corrected chi connectivity index (χ2v) is 9.42. The average molecular weight is 589 g/mol. The van der Waals surface area contributed by atoms with E-state index in [2.05, 4.69) is 15.3 Å². The van der Waals surface area contributed by atoms with Gasteiger partial charge in [0, 0.05) is 38.8 Å². The molecular weight excluding hydrogens is 556 g/mol. The van der Waals surface area contributed by atoms with Gasteiger partial charge in [0.25, 0.3) is 0 Å². The summed E-state index contributed by atoms with van der Waals surface area (Å²) in [5, 5.41) is 8.34. The Kier molecular flexibility index (Phi) is 10.2. The quantitative estimate of drug-likeness (QED) is 0.267. The fraction of sp³-hybridized carbons (Fsp3) is 0.519. The topological polar surface area (TPSA) is 176 Å². The van der Waals surface area contributed by atoms with Crippen LogP contribution >= 0.6 is 0 Å². The average Bonchev–Trinajstić information content (AvgIpc) is 3.63. The number of esters is 4. The van der Waals surface area contributed by atoms with Crippen LogP contribution in [0.1, 0.15) is 33.3 Å². The summed E-state index contributed by atoms with van der Waals surface area (Å²) < 4.78 is 40.1.